The van der Waals surface area contributed by atoms with Crippen LogP contribution in [0.1, 0.15) is 32.1 Å². The van der Waals surface area contributed by atoms with E-state index >= 15 is 0 Å². The number of nitrogens with zero attached hydrogens (tertiary/aromatic N) is 2. The lowest BCUT2D eigenvalue weighted by Gasteiger charge is -2.33. The lowest BCUT2D eigenvalue weighted by molar-refractivity contribution is 0.342. The topological polar surface area (TPSA) is 42.1 Å². The van der Waals surface area contributed by atoms with E-state index < -0.39 is 0 Å². The number of nitrogens with two attached hydrogens (primary N) is 1. The molecule has 1 saturated carbocycles. The van der Waals surface area contributed by atoms with Crippen molar-refractivity contribution in [2.75, 3.05) is 17.2 Å². The maximum Gasteiger partial charge on any atom is 0.146 e. The van der Waals surface area contributed by atoms with E-state index in [1.807, 2.05) is 6.07 Å². The van der Waals surface area contributed by atoms with Gasteiger partial charge in [0.25, 0.3) is 0 Å². The molecule has 2 fully saturated rings. The summed E-state index contributed by atoms with van der Waals surface area (Å²) in [6, 6.07) is 4.82. The highest BCUT2D eigenvalue weighted by Crippen LogP contribution is 2.39. The second-order valence-electron chi connectivity index (χ2n) is 5.00. The standard InChI is InChI=1S/C13H19N3/c14-13-12(6-3-8-15-13)16-9-7-10-4-1-2-5-11(10)16/h3,6,8,10-11H,1-2,4-5,7,9H2,(H2,14,15). The van der Waals surface area contributed by atoms with Crippen molar-refractivity contribution in [3.63, 3.8) is 0 Å². The van der Waals surface area contributed by atoms with Crippen LogP contribution in [0.2, 0.25) is 0 Å². The summed E-state index contributed by atoms with van der Waals surface area (Å²) in [6.45, 7) is 1.16. The zero-order valence-corrected chi connectivity index (χ0v) is 9.60. The van der Waals surface area contributed by atoms with Gasteiger partial charge in [0, 0.05) is 18.8 Å². The average molecular weight is 217 g/mol. The molecule has 1 aliphatic heterocycles. The van der Waals surface area contributed by atoms with E-state index in [1.54, 1.807) is 6.20 Å². The fourth-order valence-corrected chi connectivity index (χ4v) is 3.36. The molecule has 2 unspecified atom stereocenters. The van der Waals surface area contributed by atoms with Crippen molar-refractivity contribution in [1.29, 1.82) is 0 Å². The number of anilines is 2. The Morgan fingerprint density at radius 2 is 2.12 bits per heavy atom. The first-order valence-corrected chi connectivity index (χ1v) is 6.33. The van der Waals surface area contributed by atoms with Gasteiger partial charge in [0.05, 0.1) is 5.69 Å². The molecule has 3 heteroatoms. The first kappa shape index (κ1) is 9.94. The monoisotopic (exact) mass is 217 g/mol. The Balaban J connectivity index is 1.88. The molecule has 0 spiro atoms. The number of nitrogen functional groups attached to an aromatic ring is 1. The van der Waals surface area contributed by atoms with E-state index in [-0.39, 0.29) is 0 Å². The van der Waals surface area contributed by atoms with E-state index in [0.717, 1.165) is 24.2 Å². The van der Waals surface area contributed by atoms with Crippen molar-refractivity contribution in [3.05, 3.63) is 18.3 Å². The minimum atomic E-state index is 0.689. The Morgan fingerprint density at radius 1 is 1.25 bits per heavy atom. The lowest BCUT2D eigenvalue weighted by Crippen LogP contribution is -2.35. The minimum absolute atomic E-state index is 0.689. The van der Waals surface area contributed by atoms with E-state index in [2.05, 4.69) is 16.0 Å². The van der Waals surface area contributed by atoms with Gasteiger partial charge in [-0.15, -0.1) is 0 Å². The summed E-state index contributed by atoms with van der Waals surface area (Å²) in [4.78, 5) is 6.69. The van der Waals surface area contributed by atoms with Crippen molar-refractivity contribution >= 4 is 11.5 Å². The van der Waals surface area contributed by atoms with Crippen molar-refractivity contribution in [2.45, 2.75) is 38.1 Å². The normalized spacial score (nSPS) is 29.1. The third-order valence-corrected chi connectivity index (χ3v) is 4.14. The minimum Gasteiger partial charge on any atom is -0.382 e. The van der Waals surface area contributed by atoms with Crippen LogP contribution >= 0.6 is 0 Å². The Kier molecular flexibility index (Phi) is 2.46. The van der Waals surface area contributed by atoms with E-state index in [9.17, 15) is 0 Å². The average Bonchev–Trinajstić information content (AvgIpc) is 2.74. The van der Waals surface area contributed by atoms with Crippen molar-refractivity contribution in [2.24, 2.45) is 5.92 Å². The van der Waals surface area contributed by atoms with Crippen LogP contribution in [0.4, 0.5) is 11.5 Å². The zero-order valence-electron chi connectivity index (χ0n) is 9.60. The van der Waals surface area contributed by atoms with Gasteiger partial charge in [-0.2, -0.15) is 0 Å². The summed E-state index contributed by atoms with van der Waals surface area (Å²) in [5.41, 5.74) is 7.12. The summed E-state index contributed by atoms with van der Waals surface area (Å²) < 4.78 is 0. The van der Waals surface area contributed by atoms with Crippen molar-refractivity contribution in [3.8, 4) is 0 Å². The van der Waals surface area contributed by atoms with Crippen LogP contribution < -0.4 is 10.6 Å². The number of fused-ring (bicyclic) bond motifs is 1. The smallest absolute Gasteiger partial charge is 0.146 e. The van der Waals surface area contributed by atoms with Gasteiger partial charge in [0.15, 0.2) is 0 Å². The summed E-state index contributed by atoms with van der Waals surface area (Å²) in [6.07, 6.45) is 8.63. The van der Waals surface area contributed by atoms with Gasteiger partial charge in [0.2, 0.25) is 0 Å². The third kappa shape index (κ3) is 1.55. The molecule has 0 aromatic carbocycles. The quantitative estimate of drug-likeness (QED) is 0.785. The third-order valence-electron chi connectivity index (χ3n) is 4.14. The fraction of sp³-hybridized carbons (Fsp3) is 0.615. The summed E-state index contributed by atoms with van der Waals surface area (Å²) in [7, 11) is 0. The number of rotatable bonds is 1. The summed E-state index contributed by atoms with van der Waals surface area (Å²) in [5.74, 6) is 1.59. The highest BCUT2D eigenvalue weighted by atomic mass is 15.2. The van der Waals surface area contributed by atoms with Crippen molar-refractivity contribution in [1.82, 2.24) is 4.98 Å². The van der Waals surface area contributed by atoms with Crippen molar-refractivity contribution < 1.29 is 0 Å². The molecule has 0 bridgehead atoms. The maximum atomic E-state index is 5.97. The van der Waals surface area contributed by atoms with Crippen LogP contribution in [0.25, 0.3) is 0 Å². The fourth-order valence-electron chi connectivity index (χ4n) is 3.36. The Labute approximate surface area is 96.7 Å². The Morgan fingerprint density at radius 3 is 3.00 bits per heavy atom. The predicted octanol–water partition coefficient (Wildman–Crippen LogP) is 2.43. The molecule has 0 amide bonds. The van der Waals surface area contributed by atoms with Crippen LogP contribution in [-0.4, -0.2) is 17.6 Å². The van der Waals surface area contributed by atoms with E-state index in [1.165, 1.54) is 32.1 Å². The molecule has 1 saturated heterocycles. The number of aromatic nitrogens is 1. The molecular weight excluding hydrogens is 198 g/mol. The Hall–Kier alpha value is -1.25. The molecule has 16 heavy (non-hydrogen) atoms. The molecule has 0 radical (unpaired) electrons. The second kappa shape index (κ2) is 3.96. The van der Waals surface area contributed by atoms with Gasteiger partial charge in [-0.1, -0.05) is 12.8 Å². The van der Waals surface area contributed by atoms with Gasteiger partial charge in [-0.25, -0.2) is 4.98 Å². The van der Waals surface area contributed by atoms with E-state index in [4.69, 9.17) is 5.73 Å². The largest absolute Gasteiger partial charge is 0.382 e. The van der Waals surface area contributed by atoms with Gasteiger partial charge < -0.3 is 10.6 Å². The van der Waals surface area contributed by atoms with Gasteiger partial charge >= 0.3 is 0 Å². The van der Waals surface area contributed by atoms with Gasteiger partial charge in [-0.05, 0) is 37.3 Å². The summed E-state index contributed by atoms with van der Waals surface area (Å²) >= 11 is 0. The Bertz CT molecular complexity index is 377. The molecule has 1 aromatic rings. The molecule has 2 atom stereocenters. The number of hydrogen-bond acceptors (Lipinski definition) is 3. The second-order valence-corrected chi connectivity index (χ2v) is 5.00. The highest BCUT2D eigenvalue weighted by molar-refractivity contribution is 5.64. The molecule has 3 rings (SSSR count). The molecule has 86 valence electrons. The van der Waals surface area contributed by atoms with Crippen LogP contribution in [-0.2, 0) is 0 Å². The molecule has 2 heterocycles. The number of pyridine rings is 1. The highest BCUT2D eigenvalue weighted by Gasteiger charge is 2.36. The molecule has 1 aromatic heterocycles. The lowest BCUT2D eigenvalue weighted by atomic mass is 9.85. The SMILES string of the molecule is Nc1ncccc1N1CCC2CCCCC21. The van der Waals surface area contributed by atoms with Gasteiger partial charge in [0.1, 0.15) is 5.82 Å². The van der Waals surface area contributed by atoms with Crippen LogP contribution in [0.5, 0.6) is 0 Å². The molecule has 2 N–H and O–H groups in total. The van der Waals surface area contributed by atoms with Crippen LogP contribution in [0.3, 0.4) is 0 Å². The molecular formula is C13H19N3. The van der Waals surface area contributed by atoms with Crippen LogP contribution in [0.15, 0.2) is 18.3 Å². The van der Waals surface area contributed by atoms with Gasteiger partial charge in [-0.3, -0.25) is 0 Å². The maximum absolute atomic E-state index is 5.97. The predicted molar refractivity (Wildman–Crippen MR) is 66.4 cm³/mol. The summed E-state index contributed by atoms with van der Waals surface area (Å²) in [5, 5.41) is 0. The van der Waals surface area contributed by atoms with E-state index in [0.29, 0.717) is 5.82 Å². The van der Waals surface area contributed by atoms with Crippen LogP contribution in [0, 0.1) is 5.92 Å². The first-order chi connectivity index (χ1) is 7.86. The molecule has 2 aliphatic rings. The first-order valence-electron chi connectivity index (χ1n) is 6.33. The number of hydrogen-bond donors (Lipinski definition) is 1. The molecule has 3 nitrogen and oxygen atoms in total. The molecule has 1 aliphatic carbocycles. The zero-order chi connectivity index (χ0) is 11.0.